The van der Waals surface area contributed by atoms with E-state index in [0.717, 1.165) is 18.9 Å². The van der Waals surface area contributed by atoms with Crippen molar-refractivity contribution in [3.05, 3.63) is 34.1 Å². The third-order valence-corrected chi connectivity index (χ3v) is 3.96. The molecule has 1 aromatic rings. The maximum atomic E-state index is 13.2. The first-order chi connectivity index (χ1) is 8.49. The van der Waals surface area contributed by atoms with Gasteiger partial charge in [0.1, 0.15) is 11.5 Å². The molecule has 3 atom stereocenters. The summed E-state index contributed by atoms with van der Waals surface area (Å²) in [6.45, 7) is 4.30. The Labute approximate surface area is 105 Å². The van der Waals surface area contributed by atoms with Crippen LogP contribution in [0.4, 0.5) is 15.8 Å². The number of halogens is 1. The number of anilines is 1. The Balaban J connectivity index is 2.23. The topological polar surface area (TPSA) is 55.2 Å². The standard InChI is InChI=1S/C13H17FN2O2/c1-8-3-5-11(9(8)2)15-12-7-10(14)4-6-13(12)16(17)18/h4,6-9,11,15H,3,5H2,1-2H3. The summed E-state index contributed by atoms with van der Waals surface area (Å²) in [4.78, 5) is 10.4. The molecule has 0 aliphatic heterocycles. The second-order valence-electron chi connectivity index (χ2n) is 5.08. The average molecular weight is 252 g/mol. The molecular weight excluding hydrogens is 235 g/mol. The van der Waals surface area contributed by atoms with Crippen LogP contribution in [0.2, 0.25) is 0 Å². The van der Waals surface area contributed by atoms with Crippen LogP contribution < -0.4 is 5.32 Å². The van der Waals surface area contributed by atoms with Crippen molar-refractivity contribution in [3.63, 3.8) is 0 Å². The van der Waals surface area contributed by atoms with Gasteiger partial charge in [0, 0.05) is 18.2 Å². The maximum absolute atomic E-state index is 13.2. The van der Waals surface area contributed by atoms with Crippen molar-refractivity contribution >= 4 is 11.4 Å². The molecule has 3 unspecified atom stereocenters. The summed E-state index contributed by atoms with van der Waals surface area (Å²) >= 11 is 0. The van der Waals surface area contributed by atoms with Crippen LogP contribution in [0.25, 0.3) is 0 Å². The molecule has 0 heterocycles. The van der Waals surface area contributed by atoms with Crippen LogP contribution in [-0.2, 0) is 0 Å². The minimum Gasteiger partial charge on any atom is -0.376 e. The molecule has 0 aromatic heterocycles. The van der Waals surface area contributed by atoms with Gasteiger partial charge in [-0.3, -0.25) is 10.1 Å². The Morgan fingerprint density at radius 3 is 2.67 bits per heavy atom. The fourth-order valence-electron chi connectivity index (χ4n) is 2.55. The van der Waals surface area contributed by atoms with Crippen LogP contribution in [-0.4, -0.2) is 11.0 Å². The van der Waals surface area contributed by atoms with Gasteiger partial charge in [0.2, 0.25) is 0 Å². The molecule has 5 heteroatoms. The molecule has 0 saturated heterocycles. The normalized spacial score (nSPS) is 27.2. The number of nitrogens with zero attached hydrogens (tertiary/aromatic N) is 1. The maximum Gasteiger partial charge on any atom is 0.292 e. The van der Waals surface area contributed by atoms with E-state index < -0.39 is 10.7 Å². The SMILES string of the molecule is CC1CCC(Nc2cc(F)ccc2[N+](=O)[O-])C1C. The number of nitrogens with one attached hydrogen (secondary N) is 1. The smallest absolute Gasteiger partial charge is 0.292 e. The van der Waals surface area contributed by atoms with E-state index >= 15 is 0 Å². The Morgan fingerprint density at radius 1 is 1.39 bits per heavy atom. The van der Waals surface area contributed by atoms with E-state index in [1.165, 1.54) is 12.1 Å². The molecule has 0 bridgehead atoms. The molecular formula is C13H17FN2O2. The summed E-state index contributed by atoms with van der Waals surface area (Å²) in [7, 11) is 0. The van der Waals surface area contributed by atoms with Gasteiger partial charge in [-0.2, -0.15) is 0 Å². The molecule has 1 aliphatic rings. The van der Waals surface area contributed by atoms with Crippen molar-refractivity contribution in [1.29, 1.82) is 0 Å². The van der Waals surface area contributed by atoms with Crippen LogP contribution in [0, 0.1) is 27.8 Å². The van der Waals surface area contributed by atoms with Crippen LogP contribution in [0.15, 0.2) is 18.2 Å². The molecule has 0 amide bonds. The van der Waals surface area contributed by atoms with Crippen molar-refractivity contribution in [2.45, 2.75) is 32.7 Å². The first kappa shape index (κ1) is 12.8. The van der Waals surface area contributed by atoms with Gasteiger partial charge >= 0.3 is 0 Å². The number of benzene rings is 1. The first-order valence-electron chi connectivity index (χ1n) is 6.19. The van der Waals surface area contributed by atoms with Gasteiger partial charge in [0.05, 0.1) is 4.92 Å². The lowest BCUT2D eigenvalue weighted by molar-refractivity contribution is -0.384. The highest BCUT2D eigenvalue weighted by Gasteiger charge is 2.31. The van der Waals surface area contributed by atoms with Gasteiger partial charge in [-0.1, -0.05) is 13.8 Å². The van der Waals surface area contributed by atoms with E-state index in [2.05, 4.69) is 19.2 Å². The first-order valence-corrected chi connectivity index (χ1v) is 6.19. The second kappa shape index (κ2) is 4.92. The molecule has 1 saturated carbocycles. The lowest BCUT2D eigenvalue weighted by Crippen LogP contribution is -2.24. The summed E-state index contributed by atoms with van der Waals surface area (Å²) in [5.74, 6) is 0.574. The van der Waals surface area contributed by atoms with Crippen LogP contribution in [0.1, 0.15) is 26.7 Å². The molecule has 1 aromatic carbocycles. The van der Waals surface area contributed by atoms with E-state index in [1.807, 2.05) is 0 Å². The minimum atomic E-state index is -0.481. The number of hydrogen-bond acceptors (Lipinski definition) is 3. The van der Waals surface area contributed by atoms with Gasteiger partial charge in [-0.25, -0.2) is 4.39 Å². The third kappa shape index (κ3) is 2.44. The fraction of sp³-hybridized carbons (Fsp3) is 0.538. The van der Waals surface area contributed by atoms with E-state index in [1.54, 1.807) is 0 Å². The predicted molar refractivity (Wildman–Crippen MR) is 68.0 cm³/mol. The van der Waals surface area contributed by atoms with Crippen LogP contribution >= 0.6 is 0 Å². The summed E-state index contributed by atoms with van der Waals surface area (Å²) < 4.78 is 13.2. The van der Waals surface area contributed by atoms with Crippen molar-refractivity contribution < 1.29 is 9.31 Å². The van der Waals surface area contributed by atoms with Crippen molar-refractivity contribution in [3.8, 4) is 0 Å². The summed E-state index contributed by atoms with van der Waals surface area (Å²) in [5, 5.41) is 14.0. The molecule has 98 valence electrons. The molecule has 18 heavy (non-hydrogen) atoms. The van der Waals surface area contributed by atoms with Crippen molar-refractivity contribution in [2.24, 2.45) is 11.8 Å². The zero-order chi connectivity index (χ0) is 13.3. The van der Waals surface area contributed by atoms with Gasteiger partial charge in [0.15, 0.2) is 0 Å². The lowest BCUT2D eigenvalue weighted by Gasteiger charge is -2.20. The lowest BCUT2D eigenvalue weighted by atomic mass is 9.97. The van der Waals surface area contributed by atoms with Crippen LogP contribution in [0.3, 0.4) is 0 Å². The molecule has 1 N–H and O–H groups in total. The number of nitro benzene ring substituents is 1. The average Bonchev–Trinajstić information content (AvgIpc) is 2.61. The zero-order valence-electron chi connectivity index (χ0n) is 10.5. The van der Waals surface area contributed by atoms with E-state index in [-0.39, 0.29) is 17.4 Å². The van der Waals surface area contributed by atoms with Gasteiger partial charge in [-0.05, 0) is 30.7 Å². The van der Waals surface area contributed by atoms with Gasteiger partial charge in [0.25, 0.3) is 5.69 Å². The summed E-state index contributed by atoms with van der Waals surface area (Å²) in [6, 6.07) is 3.71. The molecule has 0 radical (unpaired) electrons. The molecule has 1 aliphatic carbocycles. The Morgan fingerprint density at radius 2 is 2.11 bits per heavy atom. The Kier molecular flexibility index (Phi) is 3.50. The number of rotatable bonds is 3. The quantitative estimate of drug-likeness (QED) is 0.660. The minimum absolute atomic E-state index is 0.0665. The van der Waals surface area contributed by atoms with Crippen molar-refractivity contribution in [2.75, 3.05) is 5.32 Å². The van der Waals surface area contributed by atoms with E-state index in [9.17, 15) is 14.5 Å². The zero-order valence-corrected chi connectivity index (χ0v) is 10.5. The summed E-state index contributed by atoms with van der Waals surface area (Å²) in [6.07, 6.45) is 2.07. The molecule has 2 rings (SSSR count). The highest BCUT2D eigenvalue weighted by molar-refractivity contribution is 5.62. The van der Waals surface area contributed by atoms with Gasteiger partial charge < -0.3 is 5.32 Å². The highest BCUT2D eigenvalue weighted by atomic mass is 19.1. The third-order valence-electron chi connectivity index (χ3n) is 3.96. The highest BCUT2D eigenvalue weighted by Crippen LogP contribution is 2.35. The predicted octanol–water partition coefficient (Wildman–Crippen LogP) is 3.58. The van der Waals surface area contributed by atoms with Crippen LogP contribution in [0.5, 0.6) is 0 Å². The van der Waals surface area contributed by atoms with E-state index in [0.29, 0.717) is 11.8 Å². The van der Waals surface area contributed by atoms with Crippen molar-refractivity contribution in [1.82, 2.24) is 0 Å². The molecule has 1 fully saturated rings. The Hall–Kier alpha value is -1.65. The fourth-order valence-corrected chi connectivity index (χ4v) is 2.55. The summed E-state index contributed by atoms with van der Waals surface area (Å²) in [5.41, 5.74) is 0.217. The number of hydrogen-bond donors (Lipinski definition) is 1. The largest absolute Gasteiger partial charge is 0.376 e. The molecule has 0 spiro atoms. The number of nitro groups is 1. The molecule has 4 nitrogen and oxygen atoms in total. The van der Waals surface area contributed by atoms with Gasteiger partial charge in [-0.15, -0.1) is 0 Å². The monoisotopic (exact) mass is 252 g/mol. The Bertz CT molecular complexity index is 464. The van der Waals surface area contributed by atoms with E-state index in [4.69, 9.17) is 0 Å². The second-order valence-corrected chi connectivity index (χ2v) is 5.08.